The van der Waals surface area contributed by atoms with Gasteiger partial charge < -0.3 is 14.4 Å². The summed E-state index contributed by atoms with van der Waals surface area (Å²) in [7, 11) is 0. The maximum absolute atomic E-state index is 13.6. The molecule has 1 saturated heterocycles. The Morgan fingerprint density at radius 1 is 1.02 bits per heavy atom. The SMILES string of the molecule is C=C/C(=C\C=C(/CC)C1(C)OCN(C(=O)CCc2ccccc2)C1C(C)C(C)(C)C)OCc1ccccc1.CC.CC. The van der Waals surface area contributed by atoms with Crippen molar-refractivity contribution in [1.29, 1.82) is 0 Å². The summed E-state index contributed by atoms with van der Waals surface area (Å²) in [5.74, 6) is 1.06. The van der Waals surface area contributed by atoms with Crippen LogP contribution in [0.4, 0.5) is 0 Å². The largest absolute Gasteiger partial charge is 0.489 e. The number of hydrogen-bond donors (Lipinski definition) is 0. The van der Waals surface area contributed by atoms with E-state index < -0.39 is 5.60 Å². The maximum atomic E-state index is 13.6. The monoisotopic (exact) mass is 575 g/mol. The lowest BCUT2D eigenvalue weighted by Crippen LogP contribution is -2.53. The molecule has 0 aromatic heterocycles. The Bertz CT molecular complexity index is 1110. The molecule has 4 heteroatoms. The van der Waals surface area contributed by atoms with Crippen molar-refractivity contribution < 1.29 is 14.3 Å². The van der Waals surface area contributed by atoms with Crippen molar-refractivity contribution in [2.45, 2.75) is 107 Å². The molecule has 0 bridgehead atoms. The molecule has 2 aromatic rings. The highest BCUT2D eigenvalue weighted by Crippen LogP contribution is 2.45. The van der Waals surface area contributed by atoms with Gasteiger partial charge in [-0.25, -0.2) is 0 Å². The Morgan fingerprint density at radius 3 is 2.07 bits per heavy atom. The second-order valence-corrected chi connectivity index (χ2v) is 11.4. The average Bonchev–Trinajstić information content (AvgIpc) is 3.37. The van der Waals surface area contributed by atoms with Crippen molar-refractivity contribution in [3.05, 3.63) is 108 Å². The highest BCUT2D eigenvalue weighted by molar-refractivity contribution is 5.77. The van der Waals surface area contributed by atoms with Gasteiger partial charge in [0.25, 0.3) is 0 Å². The minimum absolute atomic E-state index is 0.00263. The quantitative estimate of drug-likeness (QED) is 0.198. The zero-order chi connectivity index (χ0) is 31.8. The van der Waals surface area contributed by atoms with E-state index in [-0.39, 0.29) is 23.3 Å². The normalized spacial score (nSPS) is 19.6. The number of carbonyl (C=O) groups excluding carboxylic acids is 1. The van der Waals surface area contributed by atoms with Gasteiger partial charge in [0, 0.05) is 6.42 Å². The Morgan fingerprint density at radius 2 is 1.57 bits per heavy atom. The van der Waals surface area contributed by atoms with E-state index in [4.69, 9.17) is 9.47 Å². The Kier molecular flexibility index (Phi) is 16.2. The van der Waals surface area contributed by atoms with Gasteiger partial charge in [0.1, 0.15) is 24.7 Å². The Balaban J connectivity index is 0.00000211. The maximum Gasteiger partial charge on any atom is 0.225 e. The van der Waals surface area contributed by atoms with Crippen molar-refractivity contribution in [1.82, 2.24) is 4.90 Å². The van der Waals surface area contributed by atoms with Crippen LogP contribution < -0.4 is 0 Å². The Labute approximate surface area is 257 Å². The van der Waals surface area contributed by atoms with Crippen molar-refractivity contribution in [3.63, 3.8) is 0 Å². The van der Waals surface area contributed by atoms with E-state index in [1.165, 1.54) is 5.56 Å². The molecule has 1 heterocycles. The van der Waals surface area contributed by atoms with Gasteiger partial charge in [-0.2, -0.15) is 0 Å². The second kappa shape index (κ2) is 18.4. The van der Waals surface area contributed by atoms with E-state index in [2.05, 4.69) is 66.3 Å². The second-order valence-electron chi connectivity index (χ2n) is 11.4. The number of carbonyl (C=O) groups is 1. The summed E-state index contributed by atoms with van der Waals surface area (Å²) in [6.45, 7) is 26.0. The summed E-state index contributed by atoms with van der Waals surface area (Å²) >= 11 is 0. The molecule has 1 fully saturated rings. The smallest absolute Gasteiger partial charge is 0.225 e. The summed E-state index contributed by atoms with van der Waals surface area (Å²) in [6, 6.07) is 20.2. The zero-order valence-electron chi connectivity index (χ0n) is 28.1. The van der Waals surface area contributed by atoms with Gasteiger partial charge in [0.2, 0.25) is 5.91 Å². The lowest BCUT2D eigenvalue weighted by Gasteiger charge is -2.43. The fraction of sp³-hybridized carbons (Fsp3) is 0.500. The van der Waals surface area contributed by atoms with Gasteiger partial charge >= 0.3 is 0 Å². The highest BCUT2D eigenvalue weighted by atomic mass is 16.5. The molecule has 3 atom stereocenters. The third kappa shape index (κ3) is 10.3. The fourth-order valence-electron chi connectivity index (χ4n) is 5.17. The number of amides is 1. The molecule has 0 spiro atoms. The molecule has 0 radical (unpaired) electrons. The van der Waals surface area contributed by atoms with Crippen LogP contribution in [0.1, 0.15) is 93.2 Å². The van der Waals surface area contributed by atoms with Crippen molar-refractivity contribution in [2.75, 3.05) is 6.73 Å². The predicted octanol–water partition coefficient (Wildman–Crippen LogP) is 9.92. The van der Waals surface area contributed by atoms with Crippen LogP contribution >= 0.6 is 0 Å². The molecule has 1 aliphatic heterocycles. The molecule has 4 nitrogen and oxygen atoms in total. The molecule has 0 aliphatic carbocycles. The lowest BCUT2D eigenvalue weighted by molar-refractivity contribution is -0.134. The third-order valence-corrected chi connectivity index (χ3v) is 7.95. The van der Waals surface area contributed by atoms with E-state index in [1.807, 2.05) is 87.2 Å². The number of ether oxygens (including phenoxy) is 2. The van der Waals surface area contributed by atoms with Gasteiger partial charge in [-0.1, -0.05) is 136 Å². The van der Waals surface area contributed by atoms with Crippen LogP contribution in [0.25, 0.3) is 0 Å². The van der Waals surface area contributed by atoms with Crippen LogP contribution in [0.15, 0.2) is 96.8 Å². The zero-order valence-corrected chi connectivity index (χ0v) is 28.1. The van der Waals surface area contributed by atoms with Gasteiger partial charge in [-0.05, 0) is 60.0 Å². The number of rotatable bonds is 11. The summed E-state index contributed by atoms with van der Waals surface area (Å²) in [6.07, 6.45) is 7.80. The molecule has 0 N–H and O–H groups in total. The van der Waals surface area contributed by atoms with Gasteiger partial charge in [-0.3, -0.25) is 4.79 Å². The molecule has 0 saturated carbocycles. The third-order valence-electron chi connectivity index (χ3n) is 7.95. The number of hydrogen-bond acceptors (Lipinski definition) is 3. The summed E-state index contributed by atoms with van der Waals surface area (Å²) in [4.78, 5) is 15.6. The molecular weight excluding hydrogens is 518 g/mol. The standard InChI is InChI=1S/C34H45NO3.2C2H6/c1-8-29(21-22-30(9-2)37-24-28-18-14-11-15-19-28)34(7)32(26(3)33(4,5)6)35(25-38-34)31(36)23-20-27-16-12-10-13-17-27;2*1-2/h9-19,21-22,26,32H,2,8,20,23-25H2,1,3-7H3;2*1-2H3/b29-21+,30-22+;;. The predicted molar refractivity (Wildman–Crippen MR) is 179 cm³/mol. The van der Waals surface area contributed by atoms with E-state index >= 15 is 0 Å². The van der Waals surface area contributed by atoms with Crippen LogP contribution in [-0.4, -0.2) is 29.2 Å². The van der Waals surface area contributed by atoms with E-state index in [9.17, 15) is 4.79 Å². The first kappa shape index (κ1) is 36.9. The molecule has 2 aromatic carbocycles. The molecule has 232 valence electrons. The molecular formula is C38H57NO3. The minimum atomic E-state index is -0.605. The molecule has 1 aliphatic rings. The molecule has 3 rings (SSSR count). The van der Waals surface area contributed by atoms with Crippen molar-refractivity contribution in [2.24, 2.45) is 11.3 Å². The lowest BCUT2D eigenvalue weighted by atomic mass is 9.70. The topological polar surface area (TPSA) is 38.8 Å². The van der Waals surface area contributed by atoms with Gasteiger partial charge in [-0.15, -0.1) is 0 Å². The van der Waals surface area contributed by atoms with Gasteiger partial charge in [0.15, 0.2) is 0 Å². The van der Waals surface area contributed by atoms with Crippen LogP contribution in [-0.2, 0) is 27.3 Å². The minimum Gasteiger partial charge on any atom is -0.489 e. The van der Waals surface area contributed by atoms with Crippen molar-refractivity contribution >= 4 is 5.91 Å². The number of allylic oxidation sites excluding steroid dienone is 3. The van der Waals surface area contributed by atoms with Gasteiger partial charge in [0.05, 0.1) is 6.04 Å². The molecule has 3 unspecified atom stereocenters. The van der Waals surface area contributed by atoms with E-state index in [0.29, 0.717) is 25.5 Å². The van der Waals surface area contributed by atoms with E-state index in [1.54, 1.807) is 6.08 Å². The molecule has 42 heavy (non-hydrogen) atoms. The van der Waals surface area contributed by atoms with Crippen LogP contribution in [0.5, 0.6) is 0 Å². The summed E-state index contributed by atoms with van der Waals surface area (Å²) < 4.78 is 12.6. The van der Waals surface area contributed by atoms with Crippen LogP contribution in [0.2, 0.25) is 0 Å². The average molecular weight is 576 g/mol. The number of aryl methyl sites for hydroxylation is 1. The first-order valence-electron chi connectivity index (χ1n) is 15.8. The number of nitrogens with zero attached hydrogens (tertiary/aromatic N) is 1. The molecule has 1 amide bonds. The summed E-state index contributed by atoms with van der Waals surface area (Å²) in [5.41, 5.74) is 2.81. The summed E-state index contributed by atoms with van der Waals surface area (Å²) in [5, 5.41) is 0. The van der Waals surface area contributed by atoms with Crippen LogP contribution in [0.3, 0.4) is 0 Å². The highest BCUT2D eigenvalue weighted by Gasteiger charge is 2.53. The Hall–Kier alpha value is -3.11. The fourth-order valence-corrected chi connectivity index (χ4v) is 5.17. The van der Waals surface area contributed by atoms with Crippen LogP contribution in [0, 0.1) is 11.3 Å². The first-order valence-corrected chi connectivity index (χ1v) is 15.8. The first-order chi connectivity index (χ1) is 20.1. The van der Waals surface area contributed by atoms with E-state index in [0.717, 1.165) is 24.0 Å². The van der Waals surface area contributed by atoms with Crippen molar-refractivity contribution in [3.8, 4) is 0 Å². The number of benzene rings is 2.